The summed E-state index contributed by atoms with van der Waals surface area (Å²) in [6.07, 6.45) is 6.32. The standard InChI is InChI=1S/C22H27N3O4.C2H6/c1-14(2)19(28-3)21(27)25-8-5-22(6-9-25)11-16(22)12-24-20(26)17-10-15-4-7-23-13-18(15)29-17;1-2/h4,7,10,13,16H,5-6,8-9,11-12H2,1-3H3,(H,24,26);1-2H3. The molecule has 2 amide bonds. The maximum absolute atomic E-state index is 12.6. The number of carbonyl (C=O) groups excluding carboxylic acids is 2. The molecule has 1 saturated carbocycles. The number of nitrogens with one attached hydrogen (secondary N) is 1. The van der Waals surface area contributed by atoms with Gasteiger partial charge in [-0.1, -0.05) is 13.8 Å². The second-order valence-electron chi connectivity index (χ2n) is 8.32. The van der Waals surface area contributed by atoms with E-state index in [-0.39, 0.29) is 17.2 Å². The molecule has 3 heterocycles. The predicted octanol–water partition coefficient (Wildman–Crippen LogP) is 4.15. The first kappa shape index (κ1) is 22.8. The molecule has 2 aromatic heterocycles. The van der Waals surface area contributed by atoms with Crippen LogP contribution in [0.3, 0.4) is 0 Å². The Kier molecular flexibility index (Phi) is 7.03. The molecule has 7 nitrogen and oxygen atoms in total. The summed E-state index contributed by atoms with van der Waals surface area (Å²) in [6, 6.07) is 3.57. The summed E-state index contributed by atoms with van der Waals surface area (Å²) in [6.45, 7) is 9.89. The van der Waals surface area contributed by atoms with E-state index in [2.05, 4.69) is 10.3 Å². The minimum Gasteiger partial charge on any atom is -0.491 e. The van der Waals surface area contributed by atoms with E-state index in [1.165, 1.54) is 0 Å². The van der Waals surface area contributed by atoms with Crippen LogP contribution in [0.5, 0.6) is 0 Å². The van der Waals surface area contributed by atoms with Crippen molar-refractivity contribution in [1.82, 2.24) is 15.2 Å². The molecular formula is C24H33N3O4. The maximum Gasteiger partial charge on any atom is 0.288 e. The van der Waals surface area contributed by atoms with E-state index >= 15 is 0 Å². The van der Waals surface area contributed by atoms with E-state index < -0.39 is 0 Å². The van der Waals surface area contributed by atoms with E-state index in [0.29, 0.717) is 29.6 Å². The SMILES string of the molecule is CC.COC(C(=O)N1CCC2(CC1)CC2CNC(=O)c1cc2ccncc2o1)=C(C)C. The molecule has 2 aliphatic rings. The van der Waals surface area contributed by atoms with E-state index in [9.17, 15) is 9.59 Å². The number of likely N-dealkylation sites (tertiary alicyclic amines) is 1. The third-order valence-corrected chi connectivity index (χ3v) is 6.31. The van der Waals surface area contributed by atoms with Gasteiger partial charge in [-0.05, 0) is 62.1 Å². The zero-order valence-electron chi connectivity index (χ0n) is 19.2. The second kappa shape index (κ2) is 9.54. The Balaban J connectivity index is 0.00000132. The van der Waals surface area contributed by atoms with Crippen LogP contribution in [0.4, 0.5) is 0 Å². The van der Waals surface area contributed by atoms with Crippen LogP contribution in [-0.2, 0) is 9.53 Å². The van der Waals surface area contributed by atoms with Gasteiger partial charge in [0, 0.05) is 31.2 Å². The Morgan fingerprint density at radius 3 is 2.61 bits per heavy atom. The molecule has 2 fully saturated rings. The highest BCUT2D eigenvalue weighted by Gasteiger charge is 2.55. The highest BCUT2D eigenvalue weighted by Crippen LogP contribution is 2.59. The lowest BCUT2D eigenvalue weighted by Gasteiger charge is -2.33. The van der Waals surface area contributed by atoms with Gasteiger partial charge in [-0.25, -0.2) is 0 Å². The minimum atomic E-state index is -0.191. The fraction of sp³-hybridized carbons (Fsp3) is 0.542. The lowest BCUT2D eigenvalue weighted by atomic mass is 9.90. The lowest BCUT2D eigenvalue weighted by Crippen LogP contribution is -2.41. The molecule has 2 aromatic rings. The van der Waals surface area contributed by atoms with Gasteiger partial charge >= 0.3 is 0 Å². The third-order valence-electron chi connectivity index (χ3n) is 6.31. The molecule has 0 aromatic carbocycles. The van der Waals surface area contributed by atoms with Gasteiger partial charge < -0.3 is 19.4 Å². The summed E-state index contributed by atoms with van der Waals surface area (Å²) in [5.41, 5.74) is 1.76. The molecule has 1 aliphatic carbocycles. The van der Waals surface area contributed by atoms with Crippen molar-refractivity contribution in [3.05, 3.63) is 41.6 Å². The number of hydrogen-bond donors (Lipinski definition) is 1. The largest absolute Gasteiger partial charge is 0.491 e. The first-order chi connectivity index (χ1) is 14.9. The van der Waals surface area contributed by atoms with Crippen molar-refractivity contribution in [3.63, 3.8) is 0 Å². The number of fused-ring (bicyclic) bond motifs is 1. The molecule has 1 spiro atoms. The van der Waals surface area contributed by atoms with Crippen LogP contribution in [0.2, 0.25) is 0 Å². The van der Waals surface area contributed by atoms with Crippen molar-refractivity contribution in [2.24, 2.45) is 11.3 Å². The summed E-state index contributed by atoms with van der Waals surface area (Å²) in [5, 5.41) is 3.88. The van der Waals surface area contributed by atoms with Crippen LogP contribution < -0.4 is 5.32 Å². The number of ether oxygens (including phenoxy) is 1. The van der Waals surface area contributed by atoms with Gasteiger partial charge in [0.2, 0.25) is 0 Å². The molecule has 4 rings (SSSR count). The van der Waals surface area contributed by atoms with E-state index in [1.54, 1.807) is 25.6 Å². The van der Waals surface area contributed by atoms with Crippen LogP contribution in [0.25, 0.3) is 11.0 Å². The van der Waals surface area contributed by atoms with Gasteiger partial charge in [0.1, 0.15) is 0 Å². The van der Waals surface area contributed by atoms with Crippen molar-refractivity contribution in [1.29, 1.82) is 0 Å². The molecule has 168 valence electrons. The van der Waals surface area contributed by atoms with Crippen LogP contribution >= 0.6 is 0 Å². The Bertz CT molecular complexity index is 933. The number of piperidine rings is 1. The van der Waals surface area contributed by atoms with Crippen LogP contribution in [-0.4, -0.2) is 48.4 Å². The first-order valence-corrected chi connectivity index (χ1v) is 11.1. The van der Waals surface area contributed by atoms with E-state index in [1.807, 2.05) is 38.7 Å². The van der Waals surface area contributed by atoms with Gasteiger partial charge in [0.05, 0.1) is 13.3 Å². The molecule has 1 saturated heterocycles. The van der Waals surface area contributed by atoms with Gasteiger partial charge in [-0.2, -0.15) is 0 Å². The highest BCUT2D eigenvalue weighted by atomic mass is 16.5. The number of nitrogens with zero attached hydrogens (tertiary/aromatic N) is 2. The maximum atomic E-state index is 12.6. The van der Waals surface area contributed by atoms with Gasteiger partial charge in [-0.15, -0.1) is 0 Å². The molecule has 31 heavy (non-hydrogen) atoms. The van der Waals surface area contributed by atoms with Crippen molar-refractivity contribution >= 4 is 22.8 Å². The van der Waals surface area contributed by atoms with Crippen molar-refractivity contribution in [2.45, 2.75) is 47.0 Å². The normalized spacial score (nSPS) is 18.7. The third kappa shape index (κ3) is 4.75. The van der Waals surface area contributed by atoms with Gasteiger partial charge in [0.15, 0.2) is 17.1 Å². The molecule has 0 bridgehead atoms. The van der Waals surface area contributed by atoms with Gasteiger partial charge in [0.25, 0.3) is 11.8 Å². The summed E-state index contributed by atoms with van der Waals surface area (Å²) in [7, 11) is 1.55. The molecule has 1 N–H and O–H groups in total. The summed E-state index contributed by atoms with van der Waals surface area (Å²) >= 11 is 0. The molecule has 1 atom stereocenters. The average molecular weight is 428 g/mol. The monoisotopic (exact) mass is 427 g/mol. The highest BCUT2D eigenvalue weighted by molar-refractivity contribution is 5.96. The first-order valence-electron chi connectivity index (χ1n) is 11.1. The predicted molar refractivity (Wildman–Crippen MR) is 119 cm³/mol. The Hall–Kier alpha value is -2.83. The molecule has 7 heteroatoms. The average Bonchev–Trinajstić information content (AvgIpc) is 3.25. The second-order valence-corrected chi connectivity index (χ2v) is 8.32. The molecule has 0 radical (unpaired) electrons. The fourth-order valence-corrected chi connectivity index (χ4v) is 4.44. The number of pyridine rings is 1. The number of allylic oxidation sites excluding steroid dienone is 1. The van der Waals surface area contributed by atoms with Crippen molar-refractivity contribution < 1.29 is 18.7 Å². The molecular weight excluding hydrogens is 394 g/mol. The van der Waals surface area contributed by atoms with Gasteiger partial charge in [-0.3, -0.25) is 14.6 Å². The molecule has 1 aliphatic heterocycles. The van der Waals surface area contributed by atoms with Crippen LogP contribution in [0.1, 0.15) is 57.5 Å². The summed E-state index contributed by atoms with van der Waals surface area (Å²) in [5.74, 6) is 1.01. The Morgan fingerprint density at radius 1 is 1.29 bits per heavy atom. The van der Waals surface area contributed by atoms with Crippen molar-refractivity contribution in [3.8, 4) is 0 Å². The number of carbonyl (C=O) groups is 2. The van der Waals surface area contributed by atoms with E-state index in [4.69, 9.17) is 9.15 Å². The Labute approximate surface area is 183 Å². The smallest absolute Gasteiger partial charge is 0.288 e. The molecule has 1 unspecified atom stereocenters. The zero-order valence-corrected chi connectivity index (χ0v) is 19.2. The number of methoxy groups -OCH3 is 1. The zero-order chi connectivity index (χ0) is 22.6. The number of hydrogen-bond acceptors (Lipinski definition) is 5. The fourth-order valence-electron chi connectivity index (χ4n) is 4.44. The minimum absolute atomic E-state index is 0.0211. The summed E-state index contributed by atoms with van der Waals surface area (Å²) in [4.78, 5) is 30.9. The summed E-state index contributed by atoms with van der Waals surface area (Å²) < 4.78 is 10.8. The van der Waals surface area contributed by atoms with Crippen LogP contribution in [0, 0.1) is 11.3 Å². The topological polar surface area (TPSA) is 84.7 Å². The Morgan fingerprint density at radius 2 is 2.00 bits per heavy atom. The number of aromatic nitrogens is 1. The number of amides is 2. The van der Waals surface area contributed by atoms with E-state index in [0.717, 1.165) is 43.3 Å². The quantitative estimate of drug-likeness (QED) is 0.572. The number of rotatable bonds is 5. The number of furan rings is 1. The van der Waals surface area contributed by atoms with Crippen molar-refractivity contribution in [2.75, 3.05) is 26.7 Å². The lowest BCUT2D eigenvalue weighted by molar-refractivity contribution is -0.132. The van der Waals surface area contributed by atoms with Crippen LogP contribution in [0.15, 0.2) is 40.3 Å².